The van der Waals surface area contributed by atoms with Crippen LogP contribution >= 0.6 is 0 Å². The van der Waals surface area contributed by atoms with Gasteiger partial charge in [-0.05, 0) is 37.1 Å². The summed E-state index contributed by atoms with van der Waals surface area (Å²) in [6, 6.07) is 1.97. The first kappa shape index (κ1) is 13.4. The Morgan fingerprint density at radius 1 is 1.16 bits per heavy atom. The molecule has 0 saturated heterocycles. The molecule has 0 bridgehead atoms. The van der Waals surface area contributed by atoms with E-state index in [1.807, 2.05) is 6.92 Å². The van der Waals surface area contributed by atoms with Crippen molar-refractivity contribution in [3.8, 4) is 0 Å². The number of amidine groups is 1. The van der Waals surface area contributed by atoms with Crippen LogP contribution in [0.1, 0.15) is 19.4 Å². The van der Waals surface area contributed by atoms with Crippen molar-refractivity contribution in [2.45, 2.75) is 20.4 Å². The lowest BCUT2D eigenvalue weighted by Gasteiger charge is -2.25. The second-order valence-electron chi connectivity index (χ2n) is 4.42. The van der Waals surface area contributed by atoms with E-state index in [0.717, 1.165) is 17.7 Å². The van der Waals surface area contributed by atoms with Gasteiger partial charge in [0.2, 0.25) is 0 Å². The van der Waals surface area contributed by atoms with Crippen LogP contribution in [-0.2, 0) is 6.54 Å². The molecule has 0 amide bonds. The molecular formula is C14H13F3N2. The number of aliphatic imine (C=N–C) groups is 1. The molecule has 2 rings (SSSR count). The molecule has 2 nitrogen and oxygen atoms in total. The summed E-state index contributed by atoms with van der Waals surface area (Å²) in [4.78, 5) is 5.95. The fraction of sp³-hybridized carbons (Fsp3) is 0.214. The van der Waals surface area contributed by atoms with Gasteiger partial charge in [0, 0.05) is 12.7 Å². The molecule has 5 heteroatoms. The molecule has 0 fully saturated rings. The van der Waals surface area contributed by atoms with Crippen LogP contribution in [0, 0.1) is 17.5 Å². The number of hydrogen-bond acceptors (Lipinski definition) is 2. The third kappa shape index (κ3) is 2.70. The van der Waals surface area contributed by atoms with E-state index in [1.54, 1.807) is 18.0 Å². The Labute approximate surface area is 109 Å². The van der Waals surface area contributed by atoms with Crippen molar-refractivity contribution in [2.24, 2.45) is 4.99 Å². The van der Waals surface area contributed by atoms with Crippen molar-refractivity contribution in [1.82, 2.24) is 4.90 Å². The second kappa shape index (κ2) is 4.91. The van der Waals surface area contributed by atoms with E-state index < -0.39 is 17.5 Å². The van der Waals surface area contributed by atoms with Crippen LogP contribution in [0.25, 0.3) is 0 Å². The topological polar surface area (TPSA) is 15.6 Å². The van der Waals surface area contributed by atoms with Gasteiger partial charge in [-0.2, -0.15) is 0 Å². The summed E-state index contributed by atoms with van der Waals surface area (Å²) in [7, 11) is 0. The van der Waals surface area contributed by atoms with Crippen LogP contribution in [0.5, 0.6) is 0 Å². The number of benzene rings is 1. The zero-order chi connectivity index (χ0) is 14.2. The summed E-state index contributed by atoms with van der Waals surface area (Å²) < 4.78 is 39.1. The third-order valence-corrected chi connectivity index (χ3v) is 2.91. The molecular weight excluding hydrogens is 253 g/mol. The van der Waals surface area contributed by atoms with Crippen molar-refractivity contribution >= 4 is 5.84 Å². The molecule has 0 unspecified atom stereocenters. The van der Waals surface area contributed by atoms with E-state index in [0.29, 0.717) is 17.1 Å². The van der Waals surface area contributed by atoms with Crippen LogP contribution in [0.15, 0.2) is 41.2 Å². The predicted octanol–water partition coefficient (Wildman–Crippen LogP) is 3.76. The Hall–Kier alpha value is -2.04. The molecule has 1 aromatic rings. The normalized spacial score (nSPS) is 15.4. The highest BCUT2D eigenvalue weighted by molar-refractivity contribution is 5.83. The minimum atomic E-state index is -1.45. The van der Waals surface area contributed by atoms with Gasteiger partial charge in [0.15, 0.2) is 17.5 Å². The van der Waals surface area contributed by atoms with Gasteiger partial charge >= 0.3 is 0 Å². The Morgan fingerprint density at radius 2 is 1.74 bits per heavy atom. The molecule has 1 heterocycles. The van der Waals surface area contributed by atoms with Crippen LogP contribution in [0.4, 0.5) is 13.2 Å². The lowest BCUT2D eigenvalue weighted by molar-refractivity contribution is 0.440. The van der Waals surface area contributed by atoms with Gasteiger partial charge in [-0.25, -0.2) is 18.2 Å². The minimum Gasteiger partial charge on any atom is -0.332 e. The van der Waals surface area contributed by atoms with Crippen molar-refractivity contribution < 1.29 is 13.2 Å². The molecule has 1 aliphatic heterocycles. The first-order valence-electron chi connectivity index (χ1n) is 5.71. The van der Waals surface area contributed by atoms with Gasteiger partial charge in [-0.1, -0.05) is 6.58 Å². The van der Waals surface area contributed by atoms with E-state index in [4.69, 9.17) is 0 Å². The summed E-state index contributed by atoms with van der Waals surface area (Å²) in [6.07, 6.45) is 1.80. The van der Waals surface area contributed by atoms with Crippen LogP contribution in [-0.4, -0.2) is 10.7 Å². The number of allylic oxidation sites excluding steroid dienone is 1. The summed E-state index contributed by atoms with van der Waals surface area (Å²) in [5.41, 5.74) is 1.86. The number of halogens is 3. The number of hydrogen-bond donors (Lipinski definition) is 0. The standard InChI is InChI=1S/C14H13F3N2/c1-8-6-19(10(3)18-9(8)2)7-11-4-12(15)14(17)13(16)5-11/h4-6H,2,7H2,1,3H3. The Balaban J connectivity index is 2.27. The van der Waals surface area contributed by atoms with E-state index in [2.05, 4.69) is 11.6 Å². The molecule has 0 spiro atoms. The van der Waals surface area contributed by atoms with E-state index >= 15 is 0 Å². The zero-order valence-electron chi connectivity index (χ0n) is 10.7. The monoisotopic (exact) mass is 266 g/mol. The summed E-state index contributed by atoms with van der Waals surface area (Å²) in [6.45, 7) is 7.60. The molecule has 0 saturated carbocycles. The van der Waals surface area contributed by atoms with Gasteiger partial charge in [0.05, 0.1) is 5.70 Å². The zero-order valence-corrected chi connectivity index (χ0v) is 10.7. The largest absolute Gasteiger partial charge is 0.332 e. The van der Waals surface area contributed by atoms with Gasteiger partial charge < -0.3 is 4.90 Å². The fourth-order valence-corrected chi connectivity index (χ4v) is 1.81. The highest BCUT2D eigenvalue weighted by Gasteiger charge is 2.15. The Morgan fingerprint density at radius 3 is 2.32 bits per heavy atom. The van der Waals surface area contributed by atoms with Crippen LogP contribution in [0.2, 0.25) is 0 Å². The molecule has 100 valence electrons. The Bertz CT molecular complexity index is 580. The highest BCUT2D eigenvalue weighted by atomic mass is 19.2. The van der Waals surface area contributed by atoms with Crippen LogP contribution < -0.4 is 0 Å². The molecule has 0 aromatic heterocycles. The summed E-state index contributed by atoms with van der Waals surface area (Å²) in [5.74, 6) is -3.16. The molecule has 0 atom stereocenters. The minimum absolute atomic E-state index is 0.216. The molecule has 0 radical (unpaired) electrons. The average molecular weight is 266 g/mol. The van der Waals surface area contributed by atoms with Crippen molar-refractivity contribution in [2.75, 3.05) is 0 Å². The number of nitrogens with zero attached hydrogens (tertiary/aromatic N) is 2. The maximum atomic E-state index is 13.1. The van der Waals surface area contributed by atoms with E-state index in [9.17, 15) is 13.2 Å². The smallest absolute Gasteiger partial charge is 0.194 e. The van der Waals surface area contributed by atoms with E-state index in [-0.39, 0.29) is 6.54 Å². The molecule has 19 heavy (non-hydrogen) atoms. The molecule has 1 aromatic carbocycles. The van der Waals surface area contributed by atoms with Crippen molar-refractivity contribution in [3.63, 3.8) is 0 Å². The summed E-state index contributed by atoms with van der Waals surface area (Å²) >= 11 is 0. The SMILES string of the molecule is C=C1N=C(C)N(Cc2cc(F)c(F)c(F)c2)C=C1C. The van der Waals surface area contributed by atoms with E-state index in [1.165, 1.54) is 0 Å². The maximum absolute atomic E-state index is 13.1. The van der Waals surface area contributed by atoms with Gasteiger partial charge in [0.25, 0.3) is 0 Å². The van der Waals surface area contributed by atoms with Gasteiger partial charge in [-0.3, -0.25) is 0 Å². The highest BCUT2D eigenvalue weighted by Crippen LogP contribution is 2.20. The predicted molar refractivity (Wildman–Crippen MR) is 67.9 cm³/mol. The van der Waals surface area contributed by atoms with Crippen molar-refractivity contribution in [1.29, 1.82) is 0 Å². The fourth-order valence-electron chi connectivity index (χ4n) is 1.81. The lowest BCUT2D eigenvalue weighted by atomic mass is 10.1. The average Bonchev–Trinajstić information content (AvgIpc) is 2.33. The Kier molecular flexibility index (Phi) is 3.46. The van der Waals surface area contributed by atoms with Crippen molar-refractivity contribution in [3.05, 3.63) is 59.2 Å². The molecule has 1 aliphatic rings. The maximum Gasteiger partial charge on any atom is 0.194 e. The first-order valence-corrected chi connectivity index (χ1v) is 5.71. The second-order valence-corrected chi connectivity index (χ2v) is 4.42. The molecule has 0 N–H and O–H groups in total. The third-order valence-electron chi connectivity index (χ3n) is 2.91. The van der Waals surface area contributed by atoms with Gasteiger partial charge in [0.1, 0.15) is 5.84 Å². The first-order chi connectivity index (χ1) is 8.88. The summed E-state index contributed by atoms with van der Waals surface area (Å²) in [5, 5.41) is 0. The van der Waals surface area contributed by atoms with Crippen LogP contribution in [0.3, 0.4) is 0 Å². The lowest BCUT2D eigenvalue weighted by Crippen LogP contribution is -2.26. The quantitative estimate of drug-likeness (QED) is 0.744. The van der Waals surface area contributed by atoms with Gasteiger partial charge in [-0.15, -0.1) is 0 Å². The molecule has 0 aliphatic carbocycles. The number of rotatable bonds is 2.